The van der Waals surface area contributed by atoms with Crippen LogP contribution in [0.5, 0.6) is 0 Å². The molecule has 0 radical (unpaired) electrons. The van der Waals surface area contributed by atoms with Crippen molar-refractivity contribution >= 4 is 32.7 Å². The summed E-state index contributed by atoms with van der Waals surface area (Å²) in [7, 11) is 2.17. The van der Waals surface area contributed by atoms with Gasteiger partial charge in [-0.3, -0.25) is 4.98 Å². The van der Waals surface area contributed by atoms with E-state index in [1.54, 1.807) is 0 Å². The maximum Gasteiger partial charge on any atom is 0.216 e. The number of aryl methyl sites for hydroxylation is 2. The predicted molar refractivity (Wildman–Crippen MR) is 136 cm³/mol. The maximum atomic E-state index is 6.67. The Bertz CT molecular complexity index is 1590. The van der Waals surface area contributed by atoms with E-state index >= 15 is 0 Å². The van der Waals surface area contributed by atoms with E-state index in [4.69, 9.17) is 4.42 Å². The van der Waals surface area contributed by atoms with Crippen LogP contribution < -0.4 is 4.57 Å². The molecule has 33 heavy (non-hydrogen) atoms. The second kappa shape index (κ2) is 6.66. The number of pyridine rings is 2. The summed E-state index contributed by atoms with van der Waals surface area (Å²) in [6.45, 7) is 11.7. The first-order valence-electron chi connectivity index (χ1n) is 11.9. The fourth-order valence-corrected chi connectivity index (χ4v) is 5.77. The Morgan fingerprint density at radius 3 is 2.33 bits per heavy atom. The largest absolute Gasteiger partial charge is 0.454 e. The summed E-state index contributed by atoms with van der Waals surface area (Å²) in [5.41, 5.74) is 8.79. The highest BCUT2D eigenvalue weighted by molar-refractivity contribution is 6.17. The number of nitrogens with zero attached hydrogens (tertiary/aromatic N) is 2. The van der Waals surface area contributed by atoms with E-state index in [-0.39, 0.29) is 10.8 Å². The summed E-state index contributed by atoms with van der Waals surface area (Å²) < 4.78 is 8.97. The molecule has 3 heterocycles. The molecule has 0 saturated heterocycles. The number of furan rings is 1. The highest BCUT2D eigenvalue weighted by atomic mass is 16.3. The van der Waals surface area contributed by atoms with Crippen molar-refractivity contribution in [3.63, 3.8) is 0 Å². The van der Waals surface area contributed by atoms with Crippen LogP contribution in [0.2, 0.25) is 0 Å². The minimum Gasteiger partial charge on any atom is -0.454 e. The standard InChI is InChI=1S/C30H31N2O/c1-18-7-9-21-20-10-8-19-11-14-31-16-22(19)27(20)33-28(21)26(18)25-15-23-24(17-32(25)6)30(4,5)13-12-29(23,2)3/h7-11,14-17H,12-13H2,1-6H3/q+1. The number of hydrogen-bond acceptors (Lipinski definition) is 2. The molecule has 3 aromatic heterocycles. The van der Waals surface area contributed by atoms with E-state index < -0.39 is 0 Å². The van der Waals surface area contributed by atoms with Gasteiger partial charge >= 0.3 is 0 Å². The van der Waals surface area contributed by atoms with Gasteiger partial charge in [-0.1, -0.05) is 45.9 Å². The Balaban J connectivity index is 1.70. The third-order valence-electron chi connectivity index (χ3n) is 8.00. The lowest BCUT2D eigenvalue weighted by Gasteiger charge is -2.40. The third-order valence-corrected chi connectivity index (χ3v) is 8.00. The lowest BCUT2D eigenvalue weighted by atomic mass is 9.63. The van der Waals surface area contributed by atoms with Gasteiger partial charge in [-0.2, -0.15) is 0 Å². The molecule has 3 heteroatoms. The van der Waals surface area contributed by atoms with Crippen LogP contribution in [0, 0.1) is 6.92 Å². The number of hydrogen-bond donors (Lipinski definition) is 0. The Morgan fingerprint density at radius 2 is 1.55 bits per heavy atom. The Labute approximate surface area is 195 Å². The molecule has 0 N–H and O–H groups in total. The van der Waals surface area contributed by atoms with Crippen LogP contribution in [0.15, 0.2) is 59.4 Å². The molecule has 5 aromatic rings. The number of rotatable bonds is 1. The van der Waals surface area contributed by atoms with Gasteiger partial charge < -0.3 is 4.42 Å². The summed E-state index contributed by atoms with van der Waals surface area (Å²) in [6, 6.07) is 13.3. The van der Waals surface area contributed by atoms with Crippen LogP contribution in [0.3, 0.4) is 0 Å². The van der Waals surface area contributed by atoms with Gasteiger partial charge in [0.15, 0.2) is 6.20 Å². The van der Waals surface area contributed by atoms with Crippen LogP contribution in [-0.4, -0.2) is 4.98 Å². The molecule has 166 valence electrons. The van der Waals surface area contributed by atoms with E-state index in [9.17, 15) is 0 Å². The van der Waals surface area contributed by atoms with Gasteiger partial charge in [-0.05, 0) is 59.2 Å². The van der Waals surface area contributed by atoms with Crippen molar-refractivity contribution in [3.05, 3.63) is 71.7 Å². The molecule has 0 atom stereocenters. The van der Waals surface area contributed by atoms with Crippen LogP contribution in [0.1, 0.15) is 57.2 Å². The molecule has 0 fully saturated rings. The van der Waals surface area contributed by atoms with Gasteiger partial charge in [-0.25, -0.2) is 4.57 Å². The number of benzene rings is 2. The fraction of sp³-hybridized carbons (Fsp3) is 0.333. The first-order chi connectivity index (χ1) is 15.7. The van der Waals surface area contributed by atoms with Gasteiger partial charge in [0.25, 0.3) is 0 Å². The number of aromatic nitrogens is 2. The van der Waals surface area contributed by atoms with Gasteiger partial charge in [0.1, 0.15) is 18.2 Å². The van der Waals surface area contributed by atoms with Crippen molar-refractivity contribution < 1.29 is 8.98 Å². The Morgan fingerprint density at radius 1 is 0.848 bits per heavy atom. The minimum absolute atomic E-state index is 0.158. The molecule has 6 rings (SSSR count). The van der Waals surface area contributed by atoms with Gasteiger partial charge in [0, 0.05) is 40.2 Å². The molecule has 3 nitrogen and oxygen atoms in total. The van der Waals surface area contributed by atoms with E-state index in [1.165, 1.54) is 40.8 Å². The maximum absolute atomic E-state index is 6.67. The highest BCUT2D eigenvalue weighted by Gasteiger charge is 2.40. The lowest BCUT2D eigenvalue weighted by molar-refractivity contribution is -0.661. The van der Waals surface area contributed by atoms with Crippen molar-refractivity contribution in [2.24, 2.45) is 7.05 Å². The van der Waals surface area contributed by atoms with Crippen molar-refractivity contribution in [2.45, 2.75) is 58.3 Å². The summed E-state index contributed by atoms with van der Waals surface area (Å²) in [5, 5.41) is 4.52. The number of fused-ring (bicyclic) bond motifs is 6. The van der Waals surface area contributed by atoms with Gasteiger partial charge in [0.2, 0.25) is 5.69 Å². The topological polar surface area (TPSA) is 29.9 Å². The van der Waals surface area contributed by atoms with Gasteiger partial charge in [-0.15, -0.1) is 0 Å². The fourth-order valence-electron chi connectivity index (χ4n) is 5.77. The van der Waals surface area contributed by atoms with Crippen LogP contribution >= 0.6 is 0 Å². The zero-order chi connectivity index (χ0) is 23.1. The van der Waals surface area contributed by atoms with E-state index in [0.29, 0.717) is 0 Å². The summed E-state index contributed by atoms with van der Waals surface area (Å²) in [6.07, 6.45) is 8.53. The Hall–Kier alpha value is -3.20. The summed E-state index contributed by atoms with van der Waals surface area (Å²) >= 11 is 0. The van der Waals surface area contributed by atoms with Crippen molar-refractivity contribution in [1.29, 1.82) is 0 Å². The molecular formula is C30H31N2O+. The molecule has 0 unspecified atom stereocenters. The van der Waals surface area contributed by atoms with Crippen LogP contribution in [0.4, 0.5) is 0 Å². The van der Waals surface area contributed by atoms with Crippen LogP contribution in [-0.2, 0) is 17.9 Å². The van der Waals surface area contributed by atoms with Crippen molar-refractivity contribution in [1.82, 2.24) is 4.98 Å². The first-order valence-corrected chi connectivity index (χ1v) is 11.9. The second-order valence-corrected chi connectivity index (χ2v) is 11.1. The predicted octanol–water partition coefficient (Wildman–Crippen LogP) is 7.28. The zero-order valence-electron chi connectivity index (χ0n) is 20.4. The SMILES string of the molecule is Cc1ccc2c(oc3c4cnccc4ccc23)c1-c1cc2c(c[n+]1C)C(C)(C)CCC2(C)C. The lowest BCUT2D eigenvalue weighted by Crippen LogP contribution is -2.40. The molecule has 0 amide bonds. The first kappa shape index (κ1) is 20.4. The molecule has 0 spiro atoms. The van der Waals surface area contributed by atoms with Crippen LogP contribution in [0.25, 0.3) is 44.0 Å². The summed E-state index contributed by atoms with van der Waals surface area (Å²) in [4.78, 5) is 4.36. The average molecular weight is 436 g/mol. The molecule has 1 aliphatic rings. The smallest absolute Gasteiger partial charge is 0.216 e. The third kappa shape index (κ3) is 2.88. The zero-order valence-corrected chi connectivity index (χ0v) is 20.4. The quantitative estimate of drug-likeness (QED) is 0.259. The molecule has 1 aliphatic carbocycles. The molecule has 2 aromatic carbocycles. The van der Waals surface area contributed by atoms with Crippen molar-refractivity contribution in [2.75, 3.05) is 0 Å². The second-order valence-electron chi connectivity index (χ2n) is 11.1. The molecule has 0 aliphatic heterocycles. The normalized spacial score (nSPS) is 17.0. The van der Waals surface area contributed by atoms with Gasteiger partial charge in [0.05, 0.1) is 5.56 Å². The summed E-state index contributed by atoms with van der Waals surface area (Å²) in [5.74, 6) is 0. The highest BCUT2D eigenvalue weighted by Crippen LogP contribution is 2.47. The Kier molecular flexibility index (Phi) is 4.12. The average Bonchev–Trinajstić information content (AvgIpc) is 3.16. The van der Waals surface area contributed by atoms with Crippen molar-refractivity contribution in [3.8, 4) is 11.3 Å². The van der Waals surface area contributed by atoms with E-state index in [0.717, 1.165) is 32.7 Å². The molecule has 0 saturated carbocycles. The minimum atomic E-state index is 0.158. The monoisotopic (exact) mass is 435 g/mol. The van der Waals surface area contributed by atoms with E-state index in [2.05, 4.69) is 87.7 Å². The molecular weight excluding hydrogens is 404 g/mol. The molecule has 0 bridgehead atoms. The van der Waals surface area contributed by atoms with E-state index in [1.807, 2.05) is 18.5 Å².